The summed E-state index contributed by atoms with van der Waals surface area (Å²) < 4.78 is 36.7. The lowest BCUT2D eigenvalue weighted by Crippen LogP contribution is -2.34. The minimum absolute atomic E-state index is 0.0000926. The first kappa shape index (κ1) is 14.5. The highest BCUT2D eigenvalue weighted by atomic mass is 79.9. The zero-order valence-corrected chi connectivity index (χ0v) is 12.3. The highest BCUT2D eigenvalue weighted by Crippen LogP contribution is 2.38. The van der Waals surface area contributed by atoms with Crippen molar-refractivity contribution in [2.24, 2.45) is 5.41 Å². The first-order valence-corrected chi connectivity index (χ1v) is 8.24. The van der Waals surface area contributed by atoms with Gasteiger partial charge in [0.15, 0.2) is 9.84 Å². The molecule has 0 aromatic heterocycles. The Balaban J connectivity index is 2.38. The minimum atomic E-state index is -3.33. The fraction of sp³-hybridized carbons (Fsp3) is 0.417. The third-order valence-electron chi connectivity index (χ3n) is 3.40. The van der Waals surface area contributed by atoms with Crippen molar-refractivity contribution in [1.29, 1.82) is 0 Å². The number of benzene rings is 1. The van der Waals surface area contributed by atoms with Crippen LogP contribution in [-0.2, 0) is 21.1 Å². The van der Waals surface area contributed by atoms with Crippen molar-refractivity contribution in [3.8, 4) is 0 Å². The monoisotopic (exact) mass is 350 g/mol. The van der Waals surface area contributed by atoms with Gasteiger partial charge in [0.25, 0.3) is 0 Å². The molecule has 0 bridgehead atoms. The summed E-state index contributed by atoms with van der Waals surface area (Å²) in [6.45, 7) is 0. The minimum Gasteiger partial charge on any atom is -0.481 e. The molecular formula is C12H12BrFO4S. The van der Waals surface area contributed by atoms with E-state index in [2.05, 4.69) is 15.9 Å². The molecule has 0 amide bonds. The lowest BCUT2D eigenvalue weighted by atomic mass is 9.81. The van der Waals surface area contributed by atoms with E-state index in [9.17, 15) is 22.7 Å². The van der Waals surface area contributed by atoms with Gasteiger partial charge in [-0.3, -0.25) is 4.79 Å². The van der Waals surface area contributed by atoms with Gasteiger partial charge in [0.2, 0.25) is 0 Å². The maximum Gasteiger partial charge on any atom is 0.311 e. The molecule has 2 rings (SSSR count). The van der Waals surface area contributed by atoms with E-state index in [-0.39, 0.29) is 23.1 Å². The Labute approximate surface area is 118 Å². The summed E-state index contributed by atoms with van der Waals surface area (Å²) in [6.07, 6.45) is 0.0630. The molecule has 0 saturated carbocycles. The molecular weight excluding hydrogens is 339 g/mol. The quantitative estimate of drug-likeness (QED) is 0.905. The van der Waals surface area contributed by atoms with Gasteiger partial charge in [-0.2, -0.15) is 0 Å². The summed E-state index contributed by atoms with van der Waals surface area (Å²) >= 11 is 3.07. The molecule has 104 valence electrons. The number of hydrogen-bond acceptors (Lipinski definition) is 3. The third kappa shape index (κ3) is 2.81. The summed E-state index contributed by atoms with van der Waals surface area (Å²) in [4.78, 5) is 11.4. The number of carbonyl (C=O) groups is 1. The highest BCUT2D eigenvalue weighted by molar-refractivity contribution is 9.10. The van der Waals surface area contributed by atoms with Crippen LogP contribution >= 0.6 is 15.9 Å². The van der Waals surface area contributed by atoms with Gasteiger partial charge < -0.3 is 5.11 Å². The standard InChI is InChI=1S/C12H12BrFO4S/c13-10-8(2-1-3-9(10)14)6-12(11(15)16)4-5-19(17,18)7-12/h1-3H,4-7H2,(H,15,16). The van der Waals surface area contributed by atoms with Crippen LogP contribution in [-0.4, -0.2) is 31.0 Å². The van der Waals surface area contributed by atoms with Crippen LogP contribution in [0.15, 0.2) is 22.7 Å². The van der Waals surface area contributed by atoms with Crippen molar-refractivity contribution in [2.75, 3.05) is 11.5 Å². The fourth-order valence-corrected chi connectivity index (χ4v) is 4.81. The van der Waals surface area contributed by atoms with E-state index in [1.165, 1.54) is 12.1 Å². The summed E-state index contributed by atoms with van der Waals surface area (Å²) in [5.74, 6) is -2.16. The zero-order chi connectivity index (χ0) is 14.3. The van der Waals surface area contributed by atoms with E-state index in [0.29, 0.717) is 5.56 Å². The molecule has 1 aliphatic rings. The molecule has 1 saturated heterocycles. The maximum absolute atomic E-state index is 13.4. The van der Waals surface area contributed by atoms with Gasteiger partial charge in [-0.15, -0.1) is 0 Å². The van der Waals surface area contributed by atoms with Crippen LogP contribution in [0.5, 0.6) is 0 Å². The first-order chi connectivity index (χ1) is 8.76. The molecule has 0 spiro atoms. The van der Waals surface area contributed by atoms with Gasteiger partial charge in [-0.05, 0) is 40.4 Å². The van der Waals surface area contributed by atoms with E-state index in [1.54, 1.807) is 6.07 Å². The van der Waals surface area contributed by atoms with Crippen LogP contribution in [0.25, 0.3) is 0 Å². The lowest BCUT2D eigenvalue weighted by molar-refractivity contribution is -0.147. The lowest BCUT2D eigenvalue weighted by Gasteiger charge is -2.23. The Kier molecular flexibility index (Phi) is 3.70. The molecule has 1 heterocycles. The smallest absolute Gasteiger partial charge is 0.311 e. The molecule has 1 aromatic carbocycles. The molecule has 1 aliphatic heterocycles. The second-order valence-electron chi connectivity index (χ2n) is 4.82. The van der Waals surface area contributed by atoms with E-state index >= 15 is 0 Å². The Hall–Kier alpha value is -0.950. The van der Waals surface area contributed by atoms with Crippen LogP contribution in [0, 0.1) is 11.2 Å². The number of rotatable bonds is 3. The van der Waals surface area contributed by atoms with Gasteiger partial charge in [-0.1, -0.05) is 12.1 Å². The number of halogens is 2. The summed E-state index contributed by atoms with van der Waals surface area (Å²) in [7, 11) is -3.33. The molecule has 1 unspecified atom stereocenters. The Bertz CT molecular complexity index is 629. The van der Waals surface area contributed by atoms with Crippen LogP contribution in [0.4, 0.5) is 4.39 Å². The van der Waals surface area contributed by atoms with E-state index in [0.717, 1.165) is 0 Å². The Morgan fingerprint density at radius 3 is 2.68 bits per heavy atom. The Morgan fingerprint density at radius 2 is 2.16 bits per heavy atom. The molecule has 1 aromatic rings. The predicted molar refractivity (Wildman–Crippen MR) is 71.1 cm³/mol. The van der Waals surface area contributed by atoms with Gasteiger partial charge in [-0.25, -0.2) is 12.8 Å². The Morgan fingerprint density at radius 1 is 1.47 bits per heavy atom. The van der Waals surface area contributed by atoms with Crippen molar-refractivity contribution in [3.63, 3.8) is 0 Å². The summed E-state index contributed by atoms with van der Waals surface area (Å²) in [6, 6.07) is 4.34. The summed E-state index contributed by atoms with van der Waals surface area (Å²) in [5.41, 5.74) is -0.880. The normalized spacial score (nSPS) is 25.4. The largest absolute Gasteiger partial charge is 0.481 e. The second kappa shape index (κ2) is 4.86. The summed E-state index contributed by atoms with van der Waals surface area (Å²) in [5, 5.41) is 9.34. The number of sulfone groups is 1. The van der Waals surface area contributed by atoms with E-state index in [1.807, 2.05) is 0 Å². The molecule has 1 N–H and O–H groups in total. The van der Waals surface area contributed by atoms with Crippen LogP contribution in [0.3, 0.4) is 0 Å². The van der Waals surface area contributed by atoms with Crippen molar-refractivity contribution in [2.45, 2.75) is 12.8 Å². The highest BCUT2D eigenvalue weighted by Gasteiger charge is 2.48. The van der Waals surface area contributed by atoms with E-state index in [4.69, 9.17) is 0 Å². The van der Waals surface area contributed by atoms with Crippen molar-refractivity contribution >= 4 is 31.7 Å². The van der Waals surface area contributed by atoms with Gasteiger partial charge in [0.1, 0.15) is 5.82 Å². The average molecular weight is 351 g/mol. The maximum atomic E-state index is 13.4. The topological polar surface area (TPSA) is 71.4 Å². The molecule has 19 heavy (non-hydrogen) atoms. The van der Waals surface area contributed by atoms with E-state index < -0.39 is 32.8 Å². The molecule has 1 atom stereocenters. The average Bonchev–Trinajstić information content (AvgIpc) is 2.62. The molecule has 7 heteroatoms. The third-order valence-corrected chi connectivity index (χ3v) is 6.11. The molecule has 0 radical (unpaired) electrons. The molecule has 0 aliphatic carbocycles. The number of hydrogen-bond donors (Lipinski definition) is 1. The van der Waals surface area contributed by atoms with Gasteiger partial charge in [0, 0.05) is 0 Å². The van der Waals surface area contributed by atoms with Gasteiger partial charge in [0.05, 0.1) is 21.4 Å². The molecule has 1 fully saturated rings. The SMILES string of the molecule is O=C(O)C1(Cc2cccc(F)c2Br)CCS(=O)(=O)C1. The van der Waals surface area contributed by atoms with Crippen molar-refractivity contribution < 1.29 is 22.7 Å². The van der Waals surface area contributed by atoms with Gasteiger partial charge >= 0.3 is 5.97 Å². The molecule has 4 nitrogen and oxygen atoms in total. The van der Waals surface area contributed by atoms with Crippen molar-refractivity contribution in [1.82, 2.24) is 0 Å². The first-order valence-electron chi connectivity index (χ1n) is 5.62. The predicted octanol–water partition coefficient (Wildman–Crippen LogP) is 2.02. The van der Waals surface area contributed by atoms with Crippen LogP contribution in [0.1, 0.15) is 12.0 Å². The van der Waals surface area contributed by atoms with Crippen LogP contribution < -0.4 is 0 Å². The van der Waals surface area contributed by atoms with Crippen molar-refractivity contribution in [3.05, 3.63) is 34.1 Å². The van der Waals surface area contributed by atoms with Crippen LogP contribution in [0.2, 0.25) is 0 Å². The fourth-order valence-electron chi connectivity index (χ4n) is 2.35. The number of carboxylic acids is 1. The zero-order valence-electron chi connectivity index (χ0n) is 9.90. The number of aliphatic carboxylic acids is 1. The second-order valence-corrected chi connectivity index (χ2v) is 7.79. The number of carboxylic acid groups (broad SMARTS) is 1.